The Kier molecular flexibility index (Phi) is 3.44. The number of anilines is 1. The van der Waals surface area contributed by atoms with Crippen molar-refractivity contribution in [3.8, 4) is 0 Å². The van der Waals surface area contributed by atoms with Gasteiger partial charge >= 0.3 is 0 Å². The highest BCUT2D eigenvalue weighted by atomic mass is 32.2. The summed E-state index contributed by atoms with van der Waals surface area (Å²) in [5.74, 6) is -0.668. The predicted molar refractivity (Wildman–Crippen MR) is 71.7 cm³/mol. The van der Waals surface area contributed by atoms with Crippen LogP contribution in [0.25, 0.3) is 0 Å². The fourth-order valence-corrected chi connectivity index (χ4v) is 3.12. The zero-order valence-corrected chi connectivity index (χ0v) is 10.5. The fraction of sp³-hybridized carbons (Fsp3) is 0.182. The summed E-state index contributed by atoms with van der Waals surface area (Å²) in [7, 11) is 0. The lowest BCUT2D eigenvalue weighted by Crippen LogP contribution is -2.32. The second-order valence-electron chi connectivity index (χ2n) is 3.55. The van der Waals surface area contributed by atoms with Crippen molar-refractivity contribution < 1.29 is 9.59 Å². The molecule has 1 aromatic carbocycles. The van der Waals surface area contributed by atoms with Gasteiger partial charge in [-0.25, -0.2) is 0 Å². The summed E-state index contributed by atoms with van der Waals surface area (Å²) < 4.78 is 0.465. The number of hydrogen-bond acceptors (Lipinski definition) is 4. The van der Waals surface area contributed by atoms with Crippen LogP contribution in [0.2, 0.25) is 0 Å². The van der Waals surface area contributed by atoms with Crippen LogP contribution in [-0.2, 0) is 9.59 Å². The first-order valence-corrected chi connectivity index (χ1v) is 6.26. The third-order valence-electron chi connectivity index (χ3n) is 2.32. The van der Waals surface area contributed by atoms with E-state index in [-0.39, 0.29) is 12.3 Å². The maximum Gasteiger partial charge on any atom is 0.246 e. The van der Waals surface area contributed by atoms with Gasteiger partial charge in [0.2, 0.25) is 11.8 Å². The summed E-state index contributed by atoms with van der Waals surface area (Å²) in [6, 6.07) is 9.13. The van der Waals surface area contributed by atoms with Crippen molar-refractivity contribution in [2.24, 2.45) is 5.73 Å². The smallest absolute Gasteiger partial charge is 0.246 e. The number of hydrogen-bond donors (Lipinski definition) is 1. The first-order chi connectivity index (χ1) is 8.09. The van der Waals surface area contributed by atoms with E-state index in [0.29, 0.717) is 4.32 Å². The molecule has 1 unspecified atom stereocenters. The van der Waals surface area contributed by atoms with Gasteiger partial charge in [0.05, 0.1) is 5.69 Å². The molecule has 1 aliphatic rings. The second kappa shape index (κ2) is 4.85. The lowest BCUT2D eigenvalue weighted by Gasteiger charge is -2.14. The van der Waals surface area contributed by atoms with Crippen LogP contribution in [-0.4, -0.2) is 21.4 Å². The summed E-state index contributed by atoms with van der Waals surface area (Å²) in [6.45, 7) is 0. The van der Waals surface area contributed by atoms with E-state index >= 15 is 0 Å². The number of carbonyl (C=O) groups is 2. The van der Waals surface area contributed by atoms with Gasteiger partial charge in [0, 0.05) is 6.42 Å². The van der Waals surface area contributed by atoms with Gasteiger partial charge in [0.1, 0.15) is 9.57 Å². The lowest BCUT2D eigenvalue weighted by atomic mass is 10.2. The van der Waals surface area contributed by atoms with Crippen LogP contribution in [0.5, 0.6) is 0 Å². The number of carbonyl (C=O) groups excluding carboxylic acids is 2. The van der Waals surface area contributed by atoms with Crippen molar-refractivity contribution in [3.05, 3.63) is 30.3 Å². The van der Waals surface area contributed by atoms with Crippen LogP contribution in [0, 0.1) is 0 Å². The van der Waals surface area contributed by atoms with Crippen LogP contribution in [0.1, 0.15) is 6.42 Å². The minimum Gasteiger partial charge on any atom is -0.370 e. The van der Waals surface area contributed by atoms with Crippen molar-refractivity contribution in [2.75, 3.05) is 4.90 Å². The minimum atomic E-state index is -0.492. The van der Waals surface area contributed by atoms with E-state index < -0.39 is 11.2 Å². The number of thioether (sulfide) groups is 1. The molecule has 2 amide bonds. The van der Waals surface area contributed by atoms with Crippen LogP contribution in [0.15, 0.2) is 30.3 Å². The van der Waals surface area contributed by atoms with Gasteiger partial charge in [0.15, 0.2) is 0 Å². The molecule has 1 atom stereocenters. The van der Waals surface area contributed by atoms with E-state index in [1.54, 1.807) is 12.1 Å². The fourth-order valence-electron chi connectivity index (χ4n) is 1.58. The quantitative estimate of drug-likeness (QED) is 0.837. The Balaban J connectivity index is 2.23. The maximum absolute atomic E-state index is 12.1. The Hall–Kier alpha value is -1.40. The van der Waals surface area contributed by atoms with Gasteiger partial charge in [-0.1, -0.05) is 42.2 Å². The SMILES string of the molecule is NC(=O)CC1SC(=S)N(c2ccccc2)C1=O. The highest BCUT2D eigenvalue weighted by Gasteiger charge is 2.38. The minimum absolute atomic E-state index is 0.0208. The average Bonchev–Trinajstić information content (AvgIpc) is 2.54. The Morgan fingerprint density at radius 1 is 1.41 bits per heavy atom. The summed E-state index contributed by atoms with van der Waals surface area (Å²) in [5, 5.41) is -0.486. The van der Waals surface area contributed by atoms with Crippen LogP contribution in [0.4, 0.5) is 5.69 Å². The van der Waals surface area contributed by atoms with Gasteiger partial charge in [-0.2, -0.15) is 0 Å². The van der Waals surface area contributed by atoms with Gasteiger partial charge in [-0.15, -0.1) is 0 Å². The molecule has 88 valence electrons. The zero-order chi connectivity index (χ0) is 12.4. The number of amides is 2. The number of para-hydroxylation sites is 1. The number of rotatable bonds is 3. The van der Waals surface area contributed by atoms with E-state index in [0.717, 1.165) is 5.69 Å². The number of nitrogens with two attached hydrogens (primary N) is 1. The van der Waals surface area contributed by atoms with Crippen molar-refractivity contribution in [1.82, 2.24) is 0 Å². The van der Waals surface area contributed by atoms with Crippen molar-refractivity contribution in [1.29, 1.82) is 0 Å². The van der Waals surface area contributed by atoms with Gasteiger partial charge in [-0.3, -0.25) is 14.5 Å². The van der Waals surface area contributed by atoms with E-state index in [2.05, 4.69) is 0 Å². The molecule has 0 aromatic heterocycles. The summed E-state index contributed by atoms with van der Waals surface area (Å²) in [4.78, 5) is 24.4. The summed E-state index contributed by atoms with van der Waals surface area (Å²) in [6.07, 6.45) is 0.0208. The third-order valence-corrected chi connectivity index (χ3v) is 3.83. The van der Waals surface area contributed by atoms with Crippen LogP contribution in [0.3, 0.4) is 0 Å². The largest absolute Gasteiger partial charge is 0.370 e. The molecule has 0 saturated carbocycles. The maximum atomic E-state index is 12.1. The Bertz CT molecular complexity index is 476. The first kappa shape index (κ1) is 12.1. The van der Waals surface area contributed by atoms with Crippen LogP contribution >= 0.6 is 24.0 Å². The topological polar surface area (TPSA) is 63.4 Å². The molecule has 1 saturated heterocycles. The van der Waals surface area contributed by atoms with E-state index in [1.165, 1.54) is 16.7 Å². The number of primary amides is 1. The molecule has 2 N–H and O–H groups in total. The predicted octanol–water partition coefficient (Wildman–Crippen LogP) is 1.30. The average molecular weight is 266 g/mol. The normalized spacial score (nSPS) is 19.8. The molecule has 1 aromatic rings. The molecule has 1 fully saturated rings. The second-order valence-corrected chi connectivity index (χ2v) is 5.39. The molecule has 0 spiro atoms. The molecule has 17 heavy (non-hydrogen) atoms. The standard InChI is InChI=1S/C11H10N2O2S2/c12-9(14)6-8-10(15)13(11(16)17-8)7-4-2-1-3-5-7/h1-5,8H,6H2,(H2,12,14). The molecular weight excluding hydrogens is 256 g/mol. The van der Waals surface area contributed by atoms with Crippen molar-refractivity contribution in [2.45, 2.75) is 11.7 Å². The lowest BCUT2D eigenvalue weighted by molar-refractivity contribution is -0.122. The first-order valence-electron chi connectivity index (χ1n) is 4.97. The molecule has 0 aliphatic carbocycles. The van der Waals surface area contributed by atoms with E-state index in [9.17, 15) is 9.59 Å². The molecule has 0 bridgehead atoms. The van der Waals surface area contributed by atoms with E-state index in [4.69, 9.17) is 18.0 Å². The molecule has 6 heteroatoms. The van der Waals surface area contributed by atoms with Crippen molar-refractivity contribution in [3.63, 3.8) is 0 Å². The summed E-state index contributed by atoms with van der Waals surface area (Å²) >= 11 is 6.36. The Morgan fingerprint density at radius 2 is 2.06 bits per heavy atom. The highest BCUT2D eigenvalue weighted by Crippen LogP contribution is 2.33. The molecule has 2 rings (SSSR count). The molecule has 1 heterocycles. The highest BCUT2D eigenvalue weighted by molar-refractivity contribution is 8.25. The van der Waals surface area contributed by atoms with Crippen LogP contribution < -0.4 is 10.6 Å². The van der Waals surface area contributed by atoms with Crippen molar-refractivity contribution >= 4 is 45.8 Å². The van der Waals surface area contributed by atoms with Gasteiger partial charge in [0.25, 0.3) is 0 Å². The zero-order valence-electron chi connectivity index (χ0n) is 8.83. The monoisotopic (exact) mass is 266 g/mol. The van der Waals surface area contributed by atoms with Gasteiger partial charge < -0.3 is 5.73 Å². The molecule has 4 nitrogen and oxygen atoms in total. The Morgan fingerprint density at radius 3 is 2.65 bits per heavy atom. The number of benzene rings is 1. The molecule has 0 radical (unpaired) electrons. The summed E-state index contributed by atoms with van der Waals surface area (Å²) in [5.41, 5.74) is 5.82. The van der Waals surface area contributed by atoms with Gasteiger partial charge in [-0.05, 0) is 12.1 Å². The number of thiocarbonyl (C=S) groups is 1. The molecule has 1 aliphatic heterocycles. The number of nitrogens with zero attached hydrogens (tertiary/aromatic N) is 1. The molecular formula is C11H10N2O2S2. The Labute approximate surface area is 108 Å². The third kappa shape index (κ3) is 2.48. The van der Waals surface area contributed by atoms with E-state index in [1.807, 2.05) is 18.2 Å².